The summed E-state index contributed by atoms with van der Waals surface area (Å²) in [6, 6.07) is 14.1. The molecule has 0 aliphatic heterocycles. The maximum absolute atomic E-state index is 11.9. The highest BCUT2D eigenvalue weighted by Gasteiger charge is 2.14. The summed E-state index contributed by atoms with van der Waals surface area (Å²) < 4.78 is 4.74. The van der Waals surface area contributed by atoms with Crippen LogP contribution in [0.4, 0.5) is 5.69 Å². The van der Waals surface area contributed by atoms with Gasteiger partial charge in [-0.25, -0.2) is 4.79 Å². The van der Waals surface area contributed by atoms with E-state index in [0.29, 0.717) is 22.5 Å². The first-order valence-corrected chi connectivity index (χ1v) is 8.35. The molecule has 2 aromatic rings. The first kappa shape index (κ1) is 20.3. The standard InChI is InChI=1S/C22H19N3O3/c1-4-20(24-12-11-16-5-7-17(14-23)8-6-16)18-9-10-19(22(27)28-3)21(13-18)25-15(2)26/h4-13H,1H2,2-3H3,(H,25,26)/b12-11+,24-20+. The lowest BCUT2D eigenvalue weighted by atomic mass is 10.0. The Morgan fingerprint density at radius 1 is 1.21 bits per heavy atom. The third-order valence-electron chi connectivity index (χ3n) is 3.75. The van der Waals surface area contributed by atoms with Gasteiger partial charge in [0.25, 0.3) is 0 Å². The van der Waals surface area contributed by atoms with Gasteiger partial charge in [0.1, 0.15) is 0 Å². The van der Waals surface area contributed by atoms with Gasteiger partial charge in [0.2, 0.25) is 5.91 Å². The maximum atomic E-state index is 11.9. The van der Waals surface area contributed by atoms with E-state index in [1.165, 1.54) is 14.0 Å². The second-order valence-corrected chi connectivity index (χ2v) is 5.70. The molecule has 0 atom stereocenters. The smallest absolute Gasteiger partial charge is 0.339 e. The zero-order chi connectivity index (χ0) is 20.5. The summed E-state index contributed by atoms with van der Waals surface area (Å²) in [5.74, 6) is -0.854. The molecule has 0 aliphatic carbocycles. The molecule has 0 bridgehead atoms. The van der Waals surface area contributed by atoms with Crippen LogP contribution in [0.1, 0.15) is 34.0 Å². The van der Waals surface area contributed by atoms with E-state index in [4.69, 9.17) is 10.00 Å². The number of nitrogens with zero attached hydrogens (tertiary/aromatic N) is 2. The van der Waals surface area contributed by atoms with Crippen molar-refractivity contribution in [1.82, 2.24) is 0 Å². The number of nitriles is 1. The van der Waals surface area contributed by atoms with Crippen LogP contribution >= 0.6 is 0 Å². The predicted molar refractivity (Wildman–Crippen MR) is 109 cm³/mol. The Hall–Kier alpha value is -3.98. The Balaban J connectivity index is 2.33. The number of rotatable bonds is 6. The number of hydrogen-bond acceptors (Lipinski definition) is 5. The lowest BCUT2D eigenvalue weighted by Gasteiger charge is -2.10. The topological polar surface area (TPSA) is 91.6 Å². The van der Waals surface area contributed by atoms with Crippen LogP contribution in [0.15, 0.2) is 66.3 Å². The van der Waals surface area contributed by atoms with Crippen LogP contribution in [0, 0.1) is 11.3 Å². The van der Waals surface area contributed by atoms with Gasteiger partial charge in [-0.1, -0.05) is 24.8 Å². The fourth-order valence-corrected chi connectivity index (χ4v) is 2.40. The Morgan fingerprint density at radius 3 is 2.50 bits per heavy atom. The molecule has 0 spiro atoms. The number of carbonyl (C=O) groups is 2. The van der Waals surface area contributed by atoms with Crippen molar-refractivity contribution in [3.8, 4) is 6.07 Å². The third kappa shape index (κ3) is 5.26. The number of carbonyl (C=O) groups excluding carboxylic acids is 2. The summed E-state index contributed by atoms with van der Waals surface area (Å²) in [6.07, 6.45) is 4.99. The van der Waals surface area contributed by atoms with Crippen LogP contribution in [0.25, 0.3) is 6.08 Å². The van der Waals surface area contributed by atoms with Gasteiger partial charge in [-0.2, -0.15) is 5.26 Å². The Morgan fingerprint density at radius 2 is 1.93 bits per heavy atom. The molecule has 28 heavy (non-hydrogen) atoms. The first-order valence-electron chi connectivity index (χ1n) is 8.35. The summed E-state index contributed by atoms with van der Waals surface area (Å²) in [7, 11) is 1.28. The second-order valence-electron chi connectivity index (χ2n) is 5.70. The number of amides is 1. The van der Waals surface area contributed by atoms with E-state index >= 15 is 0 Å². The van der Waals surface area contributed by atoms with Crippen LogP contribution in [-0.4, -0.2) is 24.7 Å². The van der Waals surface area contributed by atoms with Gasteiger partial charge < -0.3 is 10.1 Å². The number of methoxy groups -OCH3 is 1. The number of benzene rings is 2. The normalized spacial score (nSPS) is 11.0. The van der Waals surface area contributed by atoms with E-state index in [1.807, 2.05) is 12.1 Å². The van der Waals surface area contributed by atoms with E-state index in [9.17, 15) is 9.59 Å². The van der Waals surface area contributed by atoms with E-state index in [0.717, 1.165) is 5.56 Å². The molecule has 1 amide bonds. The summed E-state index contributed by atoms with van der Waals surface area (Å²) >= 11 is 0. The van der Waals surface area contributed by atoms with Gasteiger partial charge in [0.15, 0.2) is 0 Å². The molecule has 140 valence electrons. The van der Waals surface area contributed by atoms with Gasteiger partial charge in [-0.05, 0) is 42.0 Å². The molecule has 6 nitrogen and oxygen atoms in total. The molecular formula is C22H19N3O3. The minimum Gasteiger partial charge on any atom is -0.465 e. The molecule has 0 aromatic heterocycles. The quantitative estimate of drug-likeness (QED) is 0.613. The number of allylic oxidation sites excluding steroid dienone is 1. The average Bonchev–Trinajstić information content (AvgIpc) is 2.70. The van der Waals surface area contributed by atoms with Crippen molar-refractivity contribution < 1.29 is 14.3 Å². The molecule has 0 saturated carbocycles. The third-order valence-corrected chi connectivity index (χ3v) is 3.75. The fraction of sp³-hybridized carbons (Fsp3) is 0.0909. The molecule has 0 unspecified atom stereocenters. The van der Waals surface area contributed by atoms with Gasteiger partial charge in [-0.15, -0.1) is 0 Å². The maximum Gasteiger partial charge on any atom is 0.339 e. The van der Waals surface area contributed by atoms with Crippen molar-refractivity contribution in [3.63, 3.8) is 0 Å². The van der Waals surface area contributed by atoms with Crippen molar-refractivity contribution in [2.24, 2.45) is 4.99 Å². The van der Waals surface area contributed by atoms with E-state index in [1.54, 1.807) is 48.7 Å². The fourth-order valence-electron chi connectivity index (χ4n) is 2.40. The van der Waals surface area contributed by atoms with E-state index < -0.39 is 5.97 Å². The van der Waals surface area contributed by atoms with Crippen LogP contribution in [0.2, 0.25) is 0 Å². The van der Waals surface area contributed by atoms with Crippen LogP contribution in [0.3, 0.4) is 0 Å². The summed E-state index contributed by atoms with van der Waals surface area (Å²) in [5.41, 5.74) is 3.30. The highest BCUT2D eigenvalue weighted by Crippen LogP contribution is 2.20. The molecule has 1 N–H and O–H groups in total. The Bertz CT molecular complexity index is 997. The lowest BCUT2D eigenvalue weighted by molar-refractivity contribution is -0.114. The van der Waals surface area contributed by atoms with Crippen LogP contribution in [0.5, 0.6) is 0 Å². The number of nitrogens with one attached hydrogen (secondary N) is 1. The van der Waals surface area contributed by atoms with Crippen molar-refractivity contribution >= 4 is 29.4 Å². The monoisotopic (exact) mass is 373 g/mol. The number of anilines is 1. The Kier molecular flexibility index (Phi) is 7.00. The highest BCUT2D eigenvalue weighted by molar-refractivity contribution is 6.11. The van der Waals surface area contributed by atoms with E-state index in [-0.39, 0.29) is 11.5 Å². The summed E-state index contributed by atoms with van der Waals surface area (Å²) in [6.45, 7) is 5.13. The number of ether oxygens (including phenoxy) is 1. The zero-order valence-corrected chi connectivity index (χ0v) is 15.6. The highest BCUT2D eigenvalue weighted by atomic mass is 16.5. The predicted octanol–water partition coefficient (Wildman–Crippen LogP) is 3.95. The number of aliphatic imine (C=N–C) groups is 1. The molecular weight excluding hydrogens is 354 g/mol. The molecule has 0 aliphatic rings. The minimum atomic E-state index is -0.548. The Labute approximate surface area is 163 Å². The number of hydrogen-bond donors (Lipinski definition) is 1. The SMILES string of the molecule is C=C/C(=N\C=C\c1ccc(C#N)cc1)c1ccc(C(=O)OC)c(NC(C)=O)c1. The van der Waals surface area contributed by atoms with Crippen LogP contribution in [-0.2, 0) is 9.53 Å². The zero-order valence-electron chi connectivity index (χ0n) is 15.6. The van der Waals surface area contributed by atoms with Crippen molar-refractivity contribution in [1.29, 1.82) is 5.26 Å². The lowest BCUT2D eigenvalue weighted by Crippen LogP contribution is -2.13. The molecule has 0 radical (unpaired) electrons. The van der Waals surface area contributed by atoms with Gasteiger partial charge in [0, 0.05) is 18.7 Å². The molecule has 0 saturated heterocycles. The van der Waals surface area contributed by atoms with Crippen molar-refractivity contribution in [2.75, 3.05) is 12.4 Å². The molecule has 0 fully saturated rings. The summed E-state index contributed by atoms with van der Waals surface area (Å²) in [5, 5.41) is 11.5. The van der Waals surface area contributed by atoms with Crippen molar-refractivity contribution in [2.45, 2.75) is 6.92 Å². The van der Waals surface area contributed by atoms with Crippen LogP contribution < -0.4 is 5.32 Å². The van der Waals surface area contributed by atoms with Crippen molar-refractivity contribution in [3.05, 3.63) is 83.6 Å². The molecule has 6 heteroatoms. The van der Waals surface area contributed by atoms with Gasteiger partial charge in [-0.3, -0.25) is 9.79 Å². The average molecular weight is 373 g/mol. The largest absolute Gasteiger partial charge is 0.465 e. The molecule has 2 aromatic carbocycles. The second kappa shape index (κ2) is 9.64. The molecule has 2 rings (SSSR count). The number of esters is 1. The van der Waals surface area contributed by atoms with E-state index in [2.05, 4.69) is 23.0 Å². The molecule has 0 heterocycles. The first-order chi connectivity index (χ1) is 13.5. The summed E-state index contributed by atoms with van der Waals surface area (Å²) in [4.78, 5) is 27.7. The van der Waals surface area contributed by atoms with Gasteiger partial charge in [0.05, 0.1) is 35.7 Å². The minimum absolute atomic E-state index is 0.248. The van der Waals surface area contributed by atoms with Gasteiger partial charge >= 0.3 is 5.97 Å².